The van der Waals surface area contributed by atoms with Crippen LogP contribution in [0.5, 0.6) is 0 Å². The van der Waals surface area contributed by atoms with E-state index in [1.165, 1.54) is 0 Å². The van der Waals surface area contributed by atoms with Crippen molar-refractivity contribution in [3.05, 3.63) is 77.6 Å². The lowest BCUT2D eigenvalue weighted by molar-refractivity contribution is 0.102. The number of nitrogens with zero attached hydrogens (tertiary/aromatic N) is 2. The van der Waals surface area contributed by atoms with Gasteiger partial charge in [-0.05, 0) is 30.3 Å². The molecule has 0 unspecified atom stereocenters. The van der Waals surface area contributed by atoms with E-state index < -0.39 is 0 Å². The number of anilines is 1. The number of carbonyl (C=O) groups excluding carboxylic acids is 1. The highest BCUT2D eigenvalue weighted by Gasteiger charge is 2.13. The molecule has 1 amide bonds. The zero-order valence-electron chi connectivity index (χ0n) is 11.0. The molecule has 1 aromatic heterocycles. The van der Waals surface area contributed by atoms with Crippen LogP contribution >= 0.6 is 11.6 Å². The lowest BCUT2D eigenvalue weighted by Crippen LogP contribution is -2.14. The summed E-state index contributed by atoms with van der Waals surface area (Å²) in [6.45, 7) is 0. The first-order valence-corrected chi connectivity index (χ1v) is 6.78. The van der Waals surface area contributed by atoms with E-state index >= 15 is 0 Å². The molecule has 0 saturated carbocycles. The second-order valence-corrected chi connectivity index (χ2v) is 4.81. The van der Waals surface area contributed by atoms with Crippen molar-refractivity contribution >= 4 is 23.2 Å². The van der Waals surface area contributed by atoms with E-state index in [4.69, 9.17) is 11.6 Å². The first kappa shape index (κ1) is 13.4. The third-order valence-corrected chi connectivity index (χ3v) is 3.31. The van der Waals surface area contributed by atoms with Crippen LogP contribution < -0.4 is 5.32 Å². The van der Waals surface area contributed by atoms with Gasteiger partial charge in [0.05, 0.1) is 10.7 Å². The summed E-state index contributed by atoms with van der Waals surface area (Å²) in [6.07, 6.45) is 3.44. The monoisotopic (exact) mass is 297 g/mol. The Kier molecular flexibility index (Phi) is 3.71. The highest BCUT2D eigenvalue weighted by atomic mass is 35.5. The van der Waals surface area contributed by atoms with E-state index in [2.05, 4.69) is 10.4 Å². The van der Waals surface area contributed by atoms with Crippen LogP contribution in [0.1, 0.15) is 10.4 Å². The molecule has 21 heavy (non-hydrogen) atoms. The van der Waals surface area contributed by atoms with E-state index in [0.29, 0.717) is 22.0 Å². The fourth-order valence-corrected chi connectivity index (χ4v) is 2.30. The molecule has 0 aliphatic carbocycles. The Labute approximate surface area is 127 Å². The molecule has 0 spiro atoms. The number of para-hydroxylation sites is 1. The van der Waals surface area contributed by atoms with Gasteiger partial charge in [-0.1, -0.05) is 35.9 Å². The lowest BCUT2D eigenvalue weighted by Gasteiger charge is -2.12. The van der Waals surface area contributed by atoms with Gasteiger partial charge in [0.1, 0.15) is 5.69 Å². The van der Waals surface area contributed by atoms with Gasteiger partial charge in [-0.3, -0.25) is 4.79 Å². The van der Waals surface area contributed by atoms with Gasteiger partial charge in [-0.25, -0.2) is 4.68 Å². The number of halogens is 1. The van der Waals surface area contributed by atoms with Crippen LogP contribution in [0, 0.1) is 0 Å². The minimum Gasteiger partial charge on any atom is -0.320 e. The van der Waals surface area contributed by atoms with Crippen molar-refractivity contribution in [1.29, 1.82) is 0 Å². The maximum atomic E-state index is 12.3. The van der Waals surface area contributed by atoms with Crippen molar-refractivity contribution in [3.8, 4) is 5.69 Å². The summed E-state index contributed by atoms with van der Waals surface area (Å²) < 4.78 is 1.63. The van der Waals surface area contributed by atoms with Crippen LogP contribution in [0.4, 0.5) is 5.69 Å². The van der Waals surface area contributed by atoms with Crippen LogP contribution in [-0.4, -0.2) is 15.7 Å². The largest absolute Gasteiger partial charge is 0.320 e. The van der Waals surface area contributed by atoms with Crippen molar-refractivity contribution in [2.75, 3.05) is 5.32 Å². The molecule has 5 heteroatoms. The van der Waals surface area contributed by atoms with Crippen molar-refractivity contribution in [2.45, 2.75) is 0 Å². The number of rotatable bonds is 3. The van der Waals surface area contributed by atoms with Crippen LogP contribution in [0.25, 0.3) is 5.69 Å². The zero-order valence-corrected chi connectivity index (χ0v) is 11.8. The maximum absolute atomic E-state index is 12.3. The predicted molar refractivity (Wildman–Crippen MR) is 83.0 cm³/mol. The van der Waals surface area contributed by atoms with Gasteiger partial charge in [0, 0.05) is 18.0 Å². The fourth-order valence-electron chi connectivity index (χ4n) is 2.03. The third kappa shape index (κ3) is 2.80. The molecular formula is C16H12ClN3O. The second kappa shape index (κ2) is 5.81. The maximum Gasteiger partial charge on any atom is 0.255 e. The lowest BCUT2D eigenvalue weighted by atomic mass is 10.2. The Morgan fingerprint density at radius 2 is 1.86 bits per heavy atom. The summed E-state index contributed by atoms with van der Waals surface area (Å²) >= 11 is 6.24. The molecular weight excluding hydrogens is 286 g/mol. The number of hydrogen-bond acceptors (Lipinski definition) is 2. The topological polar surface area (TPSA) is 46.9 Å². The molecule has 2 aromatic carbocycles. The van der Waals surface area contributed by atoms with Crippen molar-refractivity contribution in [3.63, 3.8) is 0 Å². The Hall–Kier alpha value is -2.59. The van der Waals surface area contributed by atoms with Gasteiger partial charge in [0.15, 0.2) is 0 Å². The van der Waals surface area contributed by atoms with Crippen LogP contribution in [-0.2, 0) is 0 Å². The highest BCUT2D eigenvalue weighted by molar-refractivity contribution is 6.33. The average molecular weight is 298 g/mol. The first-order chi connectivity index (χ1) is 10.3. The average Bonchev–Trinajstić information content (AvgIpc) is 3.02. The minimum atomic E-state index is -0.189. The Balaban J connectivity index is 1.97. The third-order valence-electron chi connectivity index (χ3n) is 3.00. The van der Waals surface area contributed by atoms with E-state index in [1.807, 2.05) is 18.2 Å². The summed E-state index contributed by atoms with van der Waals surface area (Å²) in [6, 6.07) is 16.2. The number of nitrogens with one attached hydrogen (secondary N) is 1. The summed E-state index contributed by atoms with van der Waals surface area (Å²) in [5.41, 5.74) is 1.84. The van der Waals surface area contributed by atoms with Gasteiger partial charge in [0.25, 0.3) is 5.91 Å². The van der Waals surface area contributed by atoms with E-state index in [0.717, 1.165) is 0 Å². The Morgan fingerprint density at radius 1 is 1.05 bits per heavy atom. The highest BCUT2D eigenvalue weighted by Crippen LogP contribution is 2.28. The molecule has 0 saturated heterocycles. The Morgan fingerprint density at radius 3 is 2.57 bits per heavy atom. The molecule has 0 fully saturated rings. The zero-order chi connectivity index (χ0) is 14.7. The normalized spacial score (nSPS) is 10.3. The van der Waals surface area contributed by atoms with Crippen molar-refractivity contribution < 1.29 is 4.79 Å². The SMILES string of the molecule is O=C(Nc1cccc(Cl)c1-n1cccn1)c1ccccc1. The van der Waals surface area contributed by atoms with E-state index in [1.54, 1.807) is 53.5 Å². The number of aromatic nitrogens is 2. The van der Waals surface area contributed by atoms with Crippen LogP contribution in [0.3, 0.4) is 0 Å². The van der Waals surface area contributed by atoms with Crippen molar-refractivity contribution in [2.24, 2.45) is 0 Å². The molecule has 0 radical (unpaired) electrons. The van der Waals surface area contributed by atoms with Gasteiger partial charge >= 0.3 is 0 Å². The summed E-state index contributed by atoms with van der Waals surface area (Å²) in [5, 5.41) is 7.56. The van der Waals surface area contributed by atoms with Gasteiger partial charge in [-0.2, -0.15) is 5.10 Å². The smallest absolute Gasteiger partial charge is 0.255 e. The standard InChI is InChI=1S/C16H12ClN3O/c17-13-8-4-9-14(15(13)20-11-5-10-18-20)19-16(21)12-6-2-1-3-7-12/h1-11H,(H,19,21). The summed E-state index contributed by atoms with van der Waals surface area (Å²) in [7, 11) is 0. The molecule has 0 aliphatic heterocycles. The molecule has 1 heterocycles. The summed E-state index contributed by atoms with van der Waals surface area (Å²) in [5.74, 6) is -0.189. The Bertz CT molecular complexity index is 754. The fraction of sp³-hybridized carbons (Fsp3) is 0. The molecule has 4 nitrogen and oxygen atoms in total. The quantitative estimate of drug-likeness (QED) is 0.800. The van der Waals surface area contributed by atoms with Crippen molar-refractivity contribution in [1.82, 2.24) is 9.78 Å². The molecule has 104 valence electrons. The number of hydrogen-bond donors (Lipinski definition) is 1. The molecule has 3 rings (SSSR count). The molecule has 0 atom stereocenters. The molecule has 1 N–H and O–H groups in total. The number of benzene rings is 2. The summed E-state index contributed by atoms with van der Waals surface area (Å²) in [4.78, 5) is 12.3. The predicted octanol–water partition coefficient (Wildman–Crippen LogP) is 3.78. The van der Waals surface area contributed by atoms with E-state index in [-0.39, 0.29) is 5.91 Å². The van der Waals surface area contributed by atoms with Gasteiger partial charge < -0.3 is 5.32 Å². The van der Waals surface area contributed by atoms with Crippen LogP contribution in [0.15, 0.2) is 67.0 Å². The second-order valence-electron chi connectivity index (χ2n) is 4.41. The molecule has 3 aromatic rings. The van der Waals surface area contributed by atoms with Crippen LogP contribution in [0.2, 0.25) is 5.02 Å². The molecule has 0 bridgehead atoms. The number of carbonyl (C=O) groups is 1. The number of amides is 1. The van der Waals surface area contributed by atoms with E-state index in [9.17, 15) is 4.79 Å². The minimum absolute atomic E-state index is 0.189. The van der Waals surface area contributed by atoms with Gasteiger partial charge in [-0.15, -0.1) is 0 Å². The first-order valence-electron chi connectivity index (χ1n) is 6.40. The molecule has 0 aliphatic rings. The van der Waals surface area contributed by atoms with Gasteiger partial charge in [0.2, 0.25) is 0 Å².